The number of sulfonamides is 1. The van der Waals surface area contributed by atoms with E-state index in [1.54, 1.807) is 38.4 Å². The minimum absolute atomic E-state index is 0.278. The predicted octanol–water partition coefficient (Wildman–Crippen LogP) is 1.65. The van der Waals surface area contributed by atoms with Crippen molar-refractivity contribution in [1.29, 1.82) is 0 Å². The van der Waals surface area contributed by atoms with Crippen molar-refractivity contribution in [3.05, 3.63) is 29.8 Å². The highest BCUT2D eigenvalue weighted by Gasteiger charge is 2.36. The summed E-state index contributed by atoms with van der Waals surface area (Å²) in [6.07, 6.45) is 4.72. The summed E-state index contributed by atoms with van der Waals surface area (Å²) in [5, 5.41) is 6.52. The first-order valence-corrected chi connectivity index (χ1v) is 10.9. The zero-order chi connectivity index (χ0) is 19.8. The lowest BCUT2D eigenvalue weighted by Gasteiger charge is -2.42. The number of aryl methyl sites for hydroxylation is 1. The molecule has 0 spiro atoms. The second-order valence-corrected chi connectivity index (χ2v) is 8.93. The molecule has 1 aromatic rings. The molecule has 0 unspecified atom stereocenters. The number of nitrogens with one attached hydrogen (secondary N) is 3. The summed E-state index contributed by atoms with van der Waals surface area (Å²) < 4.78 is 32.4. The van der Waals surface area contributed by atoms with Gasteiger partial charge in [0, 0.05) is 40.4 Å². The molecule has 1 aliphatic rings. The van der Waals surface area contributed by atoms with Crippen LogP contribution < -0.4 is 15.4 Å². The van der Waals surface area contributed by atoms with Gasteiger partial charge in [-0.05, 0) is 43.7 Å². The highest BCUT2D eigenvalue weighted by molar-refractivity contribution is 7.89. The molecule has 1 aromatic carbocycles. The van der Waals surface area contributed by atoms with E-state index in [1.165, 1.54) is 19.3 Å². The van der Waals surface area contributed by atoms with Crippen LogP contribution in [0.5, 0.6) is 0 Å². The lowest BCUT2D eigenvalue weighted by molar-refractivity contribution is 0.0732. The fourth-order valence-corrected chi connectivity index (χ4v) is 4.20. The lowest BCUT2D eigenvalue weighted by atomic mass is 9.67. The van der Waals surface area contributed by atoms with Gasteiger partial charge in [0.1, 0.15) is 0 Å². The van der Waals surface area contributed by atoms with Gasteiger partial charge in [0.25, 0.3) is 0 Å². The summed E-state index contributed by atoms with van der Waals surface area (Å²) in [4.78, 5) is 4.50. The van der Waals surface area contributed by atoms with Gasteiger partial charge in [0.15, 0.2) is 5.96 Å². The predicted molar refractivity (Wildman–Crippen MR) is 109 cm³/mol. The van der Waals surface area contributed by atoms with Gasteiger partial charge in [-0.2, -0.15) is 0 Å². The first-order chi connectivity index (χ1) is 12.9. The third-order valence-electron chi connectivity index (χ3n) is 5.15. The Hall–Kier alpha value is -1.64. The van der Waals surface area contributed by atoms with E-state index in [0.717, 1.165) is 25.1 Å². The Morgan fingerprint density at radius 1 is 1.19 bits per heavy atom. The van der Waals surface area contributed by atoms with Gasteiger partial charge in [-0.15, -0.1) is 0 Å². The maximum absolute atomic E-state index is 12.3. The first kappa shape index (κ1) is 21.7. The summed E-state index contributed by atoms with van der Waals surface area (Å²) in [7, 11) is -0.0358. The van der Waals surface area contributed by atoms with E-state index < -0.39 is 10.0 Å². The van der Waals surface area contributed by atoms with Crippen LogP contribution in [0.15, 0.2) is 34.2 Å². The standard InChI is InChI=1S/C19H32N4O3S/c1-16-5-7-17(8-6-16)27(24,25)23-13-12-21-18(20-2)22-15-19(9-4-10-19)11-14-26-3/h5-8,23H,4,9-15H2,1-3H3,(H2,20,21,22). The molecule has 0 bridgehead atoms. The van der Waals surface area contributed by atoms with Gasteiger partial charge in [-0.3, -0.25) is 4.99 Å². The monoisotopic (exact) mass is 396 g/mol. The van der Waals surface area contributed by atoms with Crippen LogP contribution in [-0.4, -0.2) is 54.8 Å². The second kappa shape index (κ2) is 10.1. The van der Waals surface area contributed by atoms with Crippen molar-refractivity contribution < 1.29 is 13.2 Å². The zero-order valence-electron chi connectivity index (χ0n) is 16.5. The van der Waals surface area contributed by atoms with Crippen LogP contribution in [-0.2, 0) is 14.8 Å². The number of ether oxygens (including phenoxy) is 1. The van der Waals surface area contributed by atoms with Crippen LogP contribution in [0, 0.1) is 12.3 Å². The van der Waals surface area contributed by atoms with Crippen molar-refractivity contribution in [3.8, 4) is 0 Å². The molecule has 0 heterocycles. The van der Waals surface area contributed by atoms with Crippen LogP contribution in [0.25, 0.3) is 0 Å². The van der Waals surface area contributed by atoms with Crippen molar-refractivity contribution in [3.63, 3.8) is 0 Å². The number of guanidine groups is 1. The molecular weight excluding hydrogens is 364 g/mol. The first-order valence-electron chi connectivity index (χ1n) is 9.41. The Morgan fingerprint density at radius 2 is 1.89 bits per heavy atom. The quantitative estimate of drug-likeness (QED) is 0.318. The molecule has 8 heteroatoms. The smallest absolute Gasteiger partial charge is 0.240 e. The third kappa shape index (κ3) is 6.48. The van der Waals surface area contributed by atoms with Gasteiger partial charge >= 0.3 is 0 Å². The topological polar surface area (TPSA) is 91.8 Å². The molecule has 1 saturated carbocycles. The zero-order valence-corrected chi connectivity index (χ0v) is 17.4. The summed E-state index contributed by atoms with van der Waals surface area (Å²) in [5.41, 5.74) is 1.32. The molecule has 0 aliphatic heterocycles. The van der Waals surface area contributed by atoms with E-state index in [0.29, 0.717) is 17.9 Å². The minimum Gasteiger partial charge on any atom is -0.385 e. The maximum atomic E-state index is 12.3. The van der Waals surface area contributed by atoms with Crippen molar-refractivity contribution in [2.75, 3.05) is 40.4 Å². The second-order valence-electron chi connectivity index (χ2n) is 7.16. The van der Waals surface area contributed by atoms with E-state index >= 15 is 0 Å². The fourth-order valence-electron chi connectivity index (χ4n) is 3.17. The average Bonchev–Trinajstić information content (AvgIpc) is 2.62. The van der Waals surface area contributed by atoms with Crippen LogP contribution in [0.1, 0.15) is 31.2 Å². The number of hydrogen-bond donors (Lipinski definition) is 3. The fraction of sp³-hybridized carbons (Fsp3) is 0.632. The molecule has 3 N–H and O–H groups in total. The molecule has 0 atom stereocenters. The summed E-state index contributed by atoms with van der Waals surface area (Å²) in [6.45, 7) is 4.29. The minimum atomic E-state index is -3.49. The number of hydrogen-bond acceptors (Lipinski definition) is 4. The molecule has 0 radical (unpaired) electrons. The van der Waals surface area contributed by atoms with E-state index in [1.807, 2.05) is 6.92 Å². The highest BCUT2D eigenvalue weighted by atomic mass is 32.2. The maximum Gasteiger partial charge on any atom is 0.240 e. The Morgan fingerprint density at radius 3 is 2.44 bits per heavy atom. The highest BCUT2D eigenvalue weighted by Crippen LogP contribution is 2.43. The van der Waals surface area contributed by atoms with Gasteiger partial charge in [-0.1, -0.05) is 24.1 Å². The van der Waals surface area contributed by atoms with E-state index in [9.17, 15) is 8.42 Å². The Bertz CT molecular complexity index is 713. The molecular formula is C19H32N4O3S. The summed E-state index contributed by atoms with van der Waals surface area (Å²) in [6, 6.07) is 6.81. The van der Waals surface area contributed by atoms with E-state index in [-0.39, 0.29) is 11.4 Å². The molecule has 0 saturated heterocycles. The summed E-state index contributed by atoms with van der Waals surface area (Å²) >= 11 is 0. The SMILES string of the molecule is CN=C(NCCNS(=O)(=O)c1ccc(C)cc1)NCC1(CCOC)CCC1. The van der Waals surface area contributed by atoms with Gasteiger partial charge in [-0.25, -0.2) is 13.1 Å². The van der Waals surface area contributed by atoms with Gasteiger partial charge in [0.05, 0.1) is 4.90 Å². The molecule has 1 fully saturated rings. The Labute approximate surface area is 163 Å². The largest absolute Gasteiger partial charge is 0.385 e. The van der Waals surface area contributed by atoms with Crippen LogP contribution in [0.4, 0.5) is 0 Å². The summed E-state index contributed by atoms with van der Waals surface area (Å²) in [5.74, 6) is 0.688. The lowest BCUT2D eigenvalue weighted by Crippen LogP contribution is -2.48. The van der Waals surface area contributed by atoms with Crippen molar-refractivity contribution in [2.45, 2.75) is 37.5 Å². The van der Waals surface area contributed by atoms with Crippen molar-refractivity contribution >= 4 is 16.0 Å². The number of methoxy groups -OCH3 is 1. The molecule has 1 aliphatic carbocycles. The Kier molecular flexibility index (Phi) is 8.07. The molecule has 0 aromatic heterocycles. The van der Waals surface area contributed by atoms with E-state index in [4.69, 9.17) is 4.74 Å². The third-order valence-corrected chi connectivity index (χ3v) is 6.62. The van der Waals surface area contributed by atoms with Crippen molar-refractivity contribution in [1.82, 2.24) is 15.4 Å². The average molecular weight is 397 g/mol. The van der Waals surface area contributed by atoms with Crippen molar-refractivity contribution in [2.24, 2.45) is 10.4 Å². The van der Waals surface area contributed by atoms with Gasteiger partial charge < -0.3 is 15.4 Å². The van der Waals surface area contributed by atoms with E-state index in [2.05, 4.69) is 20.3 Å². The van der Waals surface area contributed by atoms with Crippen LogP contribution in [0.3, 0.4) is 0 Å². The number of benzene rings is 1. The molecule has 152 valence electrons. The number of aliphatic imine (C=N–C) groups is 1. The molecule has 7 nitrogen and oxygen atoms in total. The number of nitrogens with zero attached hydrogens (tertiary/aromatic N) is 1. The van der Waals surface area contributed by atoms with Crippen LogP contribution >= 0.6 is 0 Å². The normalized spacial score (nSPS) is 16.6. The molecule has 27 heavy (non-hydrogen) atoms. The molecule has 2 rings (SSSR count). The van der Waals surface area contributed by atoms with Crippen LogP contribution in [0.2, 0.25) is 0 Å². The Balaban J connectivity index is 1.74. The van der Waals surface area contributed by atoms with Gasteiger partial charge in [0.2, 0.25) is 10.0 Å². The number of rotatable bonds is 10. The molecule has 0 amide bonds.